The van der Waals surface area contributed by atoms with Gasteiger partial charge in [-0.05, 0) is 18.2 Å². The molecule has 0 spiro atoms. The van der Waals surface area contributed by atoms with E-state index < -0.39 is 0 Å². The van der Waals surface area contributed by atoms with Crippen LogP contribution < -0.4 is 5.73 Å². The SMILES string of the molecule is Cn1ncnc1CSc1ccc(F)cc1N. The summed E-state index contributed by atoms with van der Waals surface area (Å²) in [6.45, 7) is 0. The van der Waals surface area contributed by atoms with Crippen LogP contribution in [0.4, 0.5) is 10.1 Å². The average Bonchev–Trinajstić information content (AvgIpc) is 2.63. The number of halogens is 1. The topological polar surface area (TPSA) is 56.7 Å². The second-order valence-electron chi connectivity index (χ2n) is 3.27. The van der Waals surface area contributed by atoms with Crippen molar-refractivity contribution in [3.8, 4) is 0 Å². The molecule has 0 atom stereocenters. The summed E-state index contributed by atoms with van der Waals surface area (Å²) in [6, 6.07) is 4.39. The normalized spacial score (nSPS) is 10.6. The van der Waals surface area contributed by atoms with Crippen LogP contribution >= 0.6 is 11.8 Å². The molecule has 2 N–H and O–H groups in total. The largest absolute Gasteiger partial charge is 0.398 e. The second-order valence-corrected chi connectivity index (χ2v) is 4.29. The van der Waals surface area contributed by atoms with Crippen LogP contribution in [-0.2, 0) is 12.8 Å². The maximum atomic E-state index is 12.8. The summed E-state index contributed by atoms with van der Waals surface area (Å²) >= 11 is 1.51. The number of hydrogen-bond acceptors (Lipinski definition) is 4. The Kier molecular flexibility index (Phi) is 3.09. The first-order valence-electron chi connectivity index (χ1n) is 4.67. The van der Waals surface area contributed by atoms with E-state index in [1.807, 2.05) is 7.05 Å². The molecule has 4 nitrogen and oxygen atoms in total. The van der Waals surface area contributed by atoms with Gasteiger partial charge in [-0.3, -0.25) is 4.68 Å². The Hall–Kier alpha value is -1.56. The van der Waals surface area contributed by atoms with Crippen molar-refractivity contribution in [1.29, 1.82) is 0 Å². The Balaban J connectivity index is 2.08. The van der Waals surface area contributed by atoms with Crippen molar-refractivity contribution in [2.24, 2.45) is 7.05 Å². The molecule has 0 saturated carbocycles. The maximum absolute atomic E-state index is 12.8. The standard InChI is InChI=1S/C10H11FN4S/c1-15-10(13-6-14-15)5-16-9-3-2-7(11)4-8(9)12/h2-4,6H,5,12H2,1H3. The fourth-order valence-corrected chi connectivity index (χ4v) is 2.18. The molecule has 0 aliphatic heterocycles. The number of rotatable bonds is 3. The molecule has 0 saturated heterocycles. The highest BCUT2D eigenvalue weighted by Crippen LogP contribution is 2.27. The molecule has 84 valence electrons. The summed E-state index contributed by atoms with van der Waals surface area (Å²) in [5.74, 6) is 1.20. The van der Waals surface area contributed by atoms with Crippen molar-refractivity contribution in [2.45, 2.75) is 10.6 Å². The molecule has 6 heteroatoms. The quantitative estimate of drug-likeness (QED) is 0.654. The van der Waals surface area contributed by atoms with Crippen molar-refractivity contribution < 1.29 is 4.39 Å². The lowest BCUT2D eigenvalue weighted by Crippen LogP contribution is -1.98. The van der Waals surface area contributed by atoms with E-state index >= 15 is 0 Å². The van der Waals surface area contributed by atoms with Gasteiger partial charge < -0.3 is 5.73 Å². The van der Waals surface area contributed by atoms with Gasteiger partial charge in [0.1, 0.15) is 18.0 Å². The van der Waals surface area contributed by atoms with Crippen molar-refractivity contribution in [1.82, 2.24) is 14.8 Å². The Morgan fingerprint density at radius 2 is 2.31 bits per heavy atom. The molecule has 0 unspecified atom stereocenters. The molecular weight excluding hydrogens is 227 g/mol. The predicted octanol–water partition coefficient (Wildman–Crippen LogP) is 1.83. The van der Waals surface area contributed by atoms with E-state index in [-0.39, 0.29) is 5.82 Å². The van der Waals surface area contributed by atoms with Gasteiger partial charge in [0, 0.05) is 17.6 Å². The zero-order valence-corrected chi connectivity index (χ0v) is 9.54. The second kappa shape index (κ2) is 4.52. The van der Waals surface area contributed by atoms with E-state index in [4.69, 9.17) is 5.73 Å². The molecule has 1 aromatic heterocycles. The summed E-state index contributed by atoms with van der Waals surface area (Å²) < 4.78 is 14.5. The van der Waals surface area contributed by atoms with Crippen LogP contribution in [0.3, 0.4) is 0 Å². The molecule has 0 fully saturated rings. The van der Waals surface area contributed by atoms with Gasteiger partial charge in [0.05, 0.1) is 5.75 Å². The Morgan fingerprint density at radius 1 is 1.50 bits per heavy atom. The first kappa shape index (κ1) is 10.9. The number of benzene rings is 1. The number of anilines is 1. The zero-order valence-electron chi connectivity index (χ0n) is 8.72. The predicted molar refractivity (Wildman–Crippen MR) is 61.4 cm³/mol. The zero-order chi connectivity index (χ0) is 11.5. The fourth-order valence-electron chi connectivity index (χ4n) is 1.24. The van der Waals surface area contributed by atoms with Gasteiger partial charge in [-0.2, -0.15) is 5.10 Å². The van der Waals surface area contributed by atoms with E-state index in [1.54, 1.807) is 10.7 Å². The van der Waals surface area contributed by atoms with Crippen LogP contribution in [-0.4, -0.2) is 14.8 Å². The third kappa shape index (κ3) is 2.33. The molecule has 1 aromatic carbocycles. The Labute approximate surface area is 96.7 Å². The molecule has 0 aliphatic carbocycles. The van der Waals surface area contributed by atoms with E-state index in [0.717, 1.165) is 10.7 Å². The summed E-state index contributed by atoms with van der Waals surface area (Å²) in [5.41, 5.74) is 6.15. The van der Waals surface area contributed by atoms with Gasteiger partial charge in [-0.1, -0.05) is 0 Å². The van der Waals surface area contributed by atoms with Gasteiger partial charge in [0.15, 0.2) is 0 Å². The van der Waals surface area contributed by atoms with Crippen LogP contribution in [0.2, 0.25) is 0 Å². The molecule has 0 amide bonds. The minimum Gasteiger partial charge on any atom is -0.398 e. The molecule has 0 bridgehead atoms. The number of nitrogens with two attached hydrogens (primary N) is 1. The van der Waals surface area contributed by atoms with Crippen molar-refractivity contribution in [3.63, 3.8) is 0 Å². The van der Waals surface area contributed by atoms with Crippen molar-refractivity contribution >= 4 is 17.4 Å². The molecule has 16 heavy (non-hydrogen) atoms. The Bertz CT molecular complexity index is 497. The Morgan fingerprint density at radius 3 is 2.94 bits per heavy atom. The molecule has 2 rings (SSSR count). The van der Waals surface area contributed by atoms with Gasteiger partial charge >= 0.3 is 0 Å². The minimum absolute atomic E-state index is 0.319. The highest BCUT2D eigenvalue weighted by molar-refractivity contribution is 7.98. The molecule has 0 aliphatic rings. The summed E-state index contributed by atoms with van der Waals surface area (Å²) in [5, 5.41) is 3.97. The van der Waals surface area contributed by atoms with Crippen molar-refractivity contribution in [3.05, 3.63) is 36.2 Å². The maximum Gasteiger partial charge on any atom is 0.138 e. The number of nitrogens with zero attached hydrogens (tertiary/aromatic N) is 3. The lowest BCUT2D eigenvalue weighted by molar-refractivity contribution is 0.627. The van der Waals surface area contributed by atoms with Crippen LogP contribution in [0.5, 0.6) is 0 Å². The number of hydrogen-bond donors (Lipinski definition) is 1. The van der Waals surface area contributed by atoms with Crippen LogP contribution in [0.1, 0.15) is 5.82 Å². The number of aryl methyl sites for hydroxylation is 1. The van der Waals surface area contributed by atoms with E-state index in [9.17, 15) is 4.39 Å². The highest BCUT2D eigenvalue weighted by atomic mass is 32.2. The summed E-state index contributed by atoms with van der Waals surface area (Å²) in [6.07, 6.45) is 1.50. The minimum atomic E-state index is -0.319. The summed E-state index contributed by atoms with van der Waals surface area (Å²) in [4.78, 5) is 4.95. The van der Waals surface area contributed by atoms with Crippen LogP contribution in [0.15, 0.2) is 29.4 Å². The average molecular weight is 238 g/mol. The number of nitrogen functional groups attached to an aromatic ring is 1. The van der Waals surface area contributed by atoms with E-state index in [0.29, 0.717) is 11.4 Å². The molecule has 2 aromatic rings. The van der Waals surface area contributed by atoms with Gasteiger partial charge in [0.2, 0.25) is 0 Å². The highest BCUT2D eigenvalue weighted by Gasteiger charge is 2.05. The molecule has 0 radical (unpaired) electrons. The monoisotopic (exact) mass is 238 g/mol. The first-order chi connectivity index (χ1) is 7.66. The van der Waals surface area contributed by atoms with Gasteiger partial charge in [-0.25, -0.2) is 9.37 Å². The van der Waals surface area contributed by atoms with E-state index in [2.05, 4.69) is 10.1 Å². The smallest absolute Gasteiger partial charge is 0.138 e. The van der Waals surface area contributed by atoms with Gasteiger partial charge in [-0.15, -0.1) is 11.8 Å². The third-order valence-corrected chi connectivity index (χ3v) is 3.22. The molecular formula is C10H11FN4S. The molecule has 1 heterocycles. The van der Waals surface area contributed by atoms with Crippen LogP contribution in [0.25, 0.3) is 0 Å². The fraction of sp³-hybridized carbons (Fsp3) is 0.200. The van der Waals surface area contributed by atoms with Crippen molar-refractivity contribution in [2.75, 3.05) is 5.73 Å². The van der Waals surface area contributed by atoms with Gasteiger partial charge in [0.25, 0.3) is 0 Å². The number of aromatic nitrogens is 3. The first-order valence-corrected chi connectivity index (χ1v) is 5.66. The van der Waals surface area contributed by atoms with Crippen LogP contribution in [0, 0.1) is 5.82 Å². The third-order valence-electron chi connectivity index (χ3n) is 2.13. The lowest BCUT2D eigenvalue weighted by Gasteiger charge is -2.04. The number of thioether (sulfide) groups is 1. The lowest BCUT2D eigenvalue weighted by atomic mass is 10.3. The van der Waals surface area contributed by atoms with E-state index in [1.165, 1.54) is 30.2 Å². The summed E-state index contributed by atoms with van der Waals surface area (Å²) in [7, 11) is 1.83.